The fourth-order valence-electron chi connectivity index (χ4n) is 2.88. The summed E-state index contributed by atoms with van der Waals surface area (Å²) in [7, 11) is 0. The fraction of sp³-hybridized carbons (Fsp3) is 0.250. The summed E-state index contributed by atoms with van der Waals surface area (Å²) in [4.78, 5) is 0. The first kappa shape index (κ1) is 12.4. The second-order valence-electron chi connectivity index (χ2n) is 4.88. The van der Waals surface area contributed by atoms with Crippen molar-refractivity contribution in [3.63, 3.8) is 0 Å². The Labute approximate surface area is 125 Å². The minimum absolute atomic E-state index is 0.657. The molecule has 0 saturated heterocycles. The Hall–Kier alpha value is -0.600. The lowest BCUT2D eigenvalue weighted by Gasteiger charge is -2.13. The van der Waals surface area contributed by atoms with Gasteiger partial charge in [0.05, 0.1) is 0 Å². The molecule has 1 aliphatic rings. The number of benzene rings is 2. The Morgan fingerprint density at radius 2 is 1.89 bits per heavy atom. The van der Waals surface area contributed by atoms with E-state index in [9.17, 15) is 0 Å². The van der Waals surface area contributed by atoms with Crippen LogP contribution in [0.1, 0.15) is 29.0 Å². The molecule has 1 unspecified atom stereocenters. The average molecular weight is 366 g/mol. The second-order valence-corrected chi connectivity index (χ2v) is 6.65. The molecule has 0 heterocycles. The SMILES string of the molecule is Brc1cccc(CC2CCc3cccc(Br)c32)c1. The van der Waals surface area contributed by atoms with Gasteiger partial charge in [-0.05, 0) is 60.1 Å². The maximum atomic E-state index is 3.71. The average Bonchev–Trinajstić information content (AvgIpc) is 2.74. The van der Waals surface area contributed by atoms with Gasteiger partial charge in [-0.1, -0.05) is 56.1 Å². The van der Waals surface area contributed by atoms with Crippen molar-refractivity contribution in [3.8, 4) is 0 Å². The predicted molar refractivity (Wildman–Crippen MR) is 83.1 cm³/mol. The molecule has 0 N–H and O–H groups in total. The third-order valence-corrected chi connectivity index (χ3v) is 4.87. The molecule has 1 atom stereocenters. The van der Waals surface area contributed by atoms with Gasteiger partial charge in [0.25, 0.3) is 0 Å². The van der Waals surface area contributed by atoms with Gasteiger partial charge < -0.3 is 0 Å². The Bertz CT molecular complexity index is 575. The first-order valence-corrected chi connectivity index (χ1v) is 7.84. The van der Waals surface area contributed by atoms with Crippen molar-refractivity contribution >= 4 is 31.9 Å². The molecule has 92 valence electrons. The lowest BCUT2D eigenvalue weighted by Crippen LogP contribution is -1.99. The van der Waals surface area contributed by atoms with E-state index in [1.165, 1.54) is 38.5 Å². The highest BCUT2D eigenvalue weighted by Gasteiger charge is 2.24. The monoisotopic (exact) mass is 364 g/mol. The van der Waals surface area contributed by atoms with Gasteiger partial charge in [0.15, 0.2) is 0 Å². The molecule has 2 aromatic rings. The molecule has 0 bridgehead atoms. The molecule has 2 aromatic carbocycles. The van der Waals surface area contributed by atoms with E-state index in [1.807, 2.05) is 0 Å². The van der Waals surface area contributed by atoms with Crippen LogP contribution in [0.2, 0.25) is 0 Å². The van der Waals surface area contributed by atoms with Crippen molar-refractivity contribution in [2.75, 3.05) is 0 Å². The summed E-state index contributed by atoms with van der Waals surface area (Å²) < 4.78 is 2.45. The molecule has 0 amide bonds. The molecule has 2 heteroatoms. The molecular formula is C16H14Br2. The molecule has 0 nitrogen and oxygen atoms in total. The van der Waals surface area contributed by atoms with Gasteiger partial charge >= 0.3 is 0 Å². The van der Waals surface area contributed by atoms with Crippen molar-refractivity contribution in [1.29, 1.82) is 0 Å². The number of hydrogen-bond donors (Lipinski definition) is 0. The highest BCUT2D eigenvalue weighted by molar-refractivity contribution is 9.10. The number of fused-ring (bicyclic) bond motifs is 1. The topological polar surface area (TPSA) is 0 Å². The minimum Gasteiger partial charge on any atom is -0.0609 e. The summed E-state index contributed by atoms with van der Waals surface area (Å²) in [6.45, 7) is 0. The van der Waals surface area contributed by atoms with Crippen molar-refractivity contribution in [1.82, 2.24) is 0 Å². The number of halogens is 2. The molecule has 0 radical (unpaired) electrons. The van der Waals surface area contributed by atoms with Crippen LogP contribution in [-0.4, -0.2) is 0 Å². The van der Waals surface area contributed by atoms with Gasteiger partial charge in [-0.2, -0.15) is 0 Å². The lowest BCUT2D eigenvalue weighted by molar-refractivity contribution is 0.672. The maximum Gasteiger partial charge on any atom is 0.0212 e. The summed E-state index contributed by atoms with van der Waals surface area (Å²) in [6, 6.07) is 15.2. The second kappa shape index (κ2) is 5.18. The molecule has 0 saturated carbocycles. The summed E-state index contributed by atoms with van der Waals surface area (Å²) >= 11 is 7.25. The molecule has 3 rings (SSSR count). The van der Waals surface area contributed by atoms with Crippen molar-refractivity contribution in [2.45, 2.75) is 25.2 Å². The Kier molecular flexibility index (Phi) is 3.58. The quantitative estimate of drug-likeness (QED) is 0.660. The third kappa shape index (κ3) is 2.41. The zero-order chi connectivity index (χ0) is 12.5. The lowest BCUT2D eigenvalue weighted by atomic mass is 9.94. The van der Waals surface area contributed by atoms with E-state index >= 15 is 0 Å². The van der Waals surface area contributed by atoms with E-state index in [-0.39, 0.29) is 0 Å². The summed E-state index contributed by atoms with van der Waals surface area (Å²) in [5.41, 5.74) is 4.46. The van der Waals surface area contributed by atoms with Crippen molar-refractivity contribution in [2.24, 2.45) is 0 Å². The number of hydrogen-bond acceptors (Lipinski definition) is 0. The first-order valence-electron chi connectivity index (χ1n) is 6.26. The van der Waals surface area contributed by atoms with Crippen LogP contribution in [0, 0.1) is 0 Å². The number of aryl methyl sites for hydroxylation is 1. The smallest absolute Gasteiger partial charge is 0.0212 e. The highest BCUT2D eigenvalue weighted by atomic mass is 79.9. The van der Waals surface area contributed by atoms with E-state index in [1.54, 1.807) is 0 Å². The molecule has 0 spiro atoms. The van der Waals surface area contributed by atoms with Gasteiger partial charge in [-0.3, -0.25) is 0 Å². The largest absolute Gasteiger partial charge is 0.0609 e. The molecule has 1 aliphatic carbocycles. The van der Waals surface area contributed by atoms with Crippen LogP contribution in [0.4, 0.5) is 0 Å². The van der Waals surface area contributed by atoms with Crippen LogP contribution in [-0.2, 0) is 12.8 Å². The van der Waals surface area contributed by atoms with Crippen LogP contribution in [0.3, 0.4) is 0 Å². The van der Waals surface area contributed by atoms with Gasteiger partial charge in [-0.25, -0.2) is 0 Å². The maximum absolute atomic E-state index is 3.71. The van der Waals surface area contributed by atoms with Crippen LogP contribution in [0.25, 0.3) is 0 Å². The Balaban J connectivity index is 1.89. The van der Waals surface area contributed by atoms with E-state index in [2.05, 4.69) is 74.3 Å². The van der Waals surface area contributed by atoms with E-state index in [0.717, 1.165) is 6.42 Å². The summed E-state index contributed by atoms with van der Waals surface area (Å²) in [5, 5.41) is 0. The molecule has 0 aromatic heterocycles. The van der Waals surface area contributed by atoms with Gasteiger partial charge in [-0.15, -0.1) is 0 Å². The summed E-state index contributed by atoms with van der Waals surface area (Å²) in [6.07, 6.45) is 3.62. The van der Waals surface area contributed by atoms with Gasteiger partial charge in [0, 0.05) is 8.95 Å². The molecular weight excluding hydrogens is 352 g/mol. The number of rotatable bonds is 2. The van der Waals surface area contributed by atoms with Crippen LogP contribution in [0.5, 0.6) is 0 Å². The van der Waals surface area contributed by atoms with Gasteiger partial charge in [0.2, 0.25) is 0 Å². The van der Waals surface area contributed by atoms with E-state index in [4.69, 9.17) is 0 Å². The van der Waals surface area contributed by atoms with E-state index < -0.39 is 0 Å². The van der Waals surface area contributed by atoms with Crippen LogP contribution in [0.15, 0.2) is 51.4 Å². The zero-order valence-corrected chi connectivity index (χ0v) is 13.2. The fourth-order valence-corrected chi connectivity index (χ4v) is 4.06. The Morgan fingerprint density at radius 1 is 1.06 bits per heavy atom. The third-order valence-electron chi connectivity index (χ3n) is 3.68. The van der Waals surface area contributed by atoms with Crippen LogP contribution < -0.4 is 0 Å². The standard InChI is InChI=1S/C16H14Br2/c17-14-5-1-3-11(10-14)9-13-8-7-12-4-2-6-15(18)16(12)13/h1-6,10,13H,7-9H2. The first-order chi connectivity index (χ1) is 8.74. The molecule has 0 aliphatic heterocycles. The van der Waals surface area contributed by atoms with Crippen molar-refractivity contribution in [3.05, 3.63) is 68.1 Å². The highest BCUT2D eigenvalue weighted by Crippen LogP contribution is 2.40. The van der Waals surface area contributed by atoms with Crippen molar-refractivity contribution < 1.29 is 0 Å². The normalized spacial score (nSPS) is 17.8. The Morgan fingerprint density at radius 3 is 2.72 bits per heavy atom. The molecule has 18 heavy (non-hydrogen) atoms. The van der Waals surface area contributed by atoms with E-state index in [0.29, 0.717) is 5.92 Å². The minimum atomic E-state index is 0.657. The van der Waals surface area contributed by atoms with Gasteiger partial charge in [0.1, 0.15) is 0 Å². The predicted octanol–water partition coefficient (Wildman–Crippen LogP) is 5.48. The van der Waals surface area contributed by atoms with Crippen LogP contribution >= 0.6 is 31.9 Å². The molecule has 0 fully saturated rings. The zero-order valence-electron chi connectivity index (χ0n) is 10.00. The summed E-state index contributed by atoms with van der Waals surface area (Å²) in [5.74, 6) is 0.657.